The first-order chi connectivity index (χ1) is 8.78. The van der Waals surface area contributed by atoms with Gasteiger partial charge in [0.05, 0.1) is 32.3 Å². The second-order valence-corrected chi connectivity index (χ2v) is 4.23. The molecule has 1 aromatic rings. The molecular formula is C13H17ClO4. The van der Waals surface area contributed by atoms with Crippen LogP contribution in [0.3, 0.4) is 0 Å². The lowest BCUT2D eigenvalue weighted by atomic mass is 10.2. The molecule has 100 valence electrons. The van der Waals surface area contributed by atoms with Crippen LogP contribution in [-0.4, -0.2) is 32.3 Å². The molecule has 1 aliphatic heterocycles. The Labute approximate surface area is 112 Å². The van der Waals surface area contributed by atoms with Gasteiger partial charge in [-0.3, -0.25) is 0 Å². The number of hydrogen-bond donors (Lipinski definition) is 0. The van der Waals surface area contributed by atoms with Crippen molar-refractivity contribution in [3.63, 3.8) is 0 Å². The Hall–Kier alpha value is -0.970. The zero-order valence-electron chi connectivity index (χ0n) is 10.5. The fourth-order valence-corrected chi connectivity index (χ4v) is 1.97. The molecule has 1 saturated heterocycles. The highest BCUT2D eigenvalue weighted by Gasteiger charge is 2.27. The number of alkyl halides is 1. The zero-order valence-corrected chi connectivity index (χ0v) is 11.3. The van der Waals surface area contributed by atoms with E-state index < -0.39 is 0 Å². The summed E-state index contributed by atoms with van der Waals surface area (Å²) in [5, 5.41) is 0. The molecule has 1 fully saturated rings. The van der Waals surface area contributed by atoms with Crippen LogP contribution < -0.4 is 9.47 Å². The Morgan fingerprint density at radius 2 is 2.22 bits per heavy atom. The molecular weight excluding hydrogens is 256 g/mol. The highest BCUT2D eigenvalue weighted by molar-refractivity contribution is 6.18. The van der Waals surface area contributed by atoms with Crippen molar-refractivity contribution in [1.82, 2.24) is 0 Å². The highest BCUT2D eigenvalue weighted by atomic mass is 35.5. The molecule has 18 heavy (non-hydrogen) atoms. The average molecular weight is 273 g/mol. The summed E-state index contributed by atoms with van der Waals surface area (Å²) in [6.45, 7) is 3.05. The van der Waals surface area contributed by atoms with Gasteiger partial charge in [-0.1, -0.05) is 6.07 Å². The molecule has 0 aromatic heterocycles. The Morgan fingerprint density at radius 3 is 2.83 bits per heavy atom. The van der Waals surface area contributed by atoms with E-state index in [4.69, 9.17) is 30.5 Å². The van der Waals surface area contributed by atoms with Gasteiger partial charge >= 0.3 is 0 Å². The van der Waals surface area contributed by atoms with Crippen LogP contribution in [0.25, 0.3) is 0 Å². The summed E-state index contributed by atoms with van der Waals surface area (Å²) < 4.78 is 21.9. The molecule has 1 aliphatic rings. The summed E-state index contributed by atoms with van der Waals surface area (Å²) in [4.78, 5) is 0. The third-order valence-electron chi connectivity index (χ3n) is 2.68. The van der Waals surface area contributed by atoms with Gasteiger partial charge < -0.3 is 18.9 Å². The second-order valence-electron chi connectivity index (χ2n) is 3.92. The lowest BCUT2D eigenvalue weighted by Crippen LogP contribution is -2.10. The van der Waals surface area contributed by atoms with Gasteiger partial charge in [-0.25, -0.2) is 0 Å². The van der Waals surface area contributed by atoms with Gasteiger partial charge in [0.25, 0.3) is 0 Å². The maximum absolute atomic E-state index is 5.74. The van der Waals surface area contributed by atoms with Crippen LogP contribution in [0.15, 0.2) is 18.2 Å². The maximum atomic E-state index is 5.74. The molecule has 2 atom stereocenters. The number of halogens is 1. The number of ether oxygens (including phenoxy) is 4. The van der Waals surface area contributed by atoms with Gasteiger partial charge in [-0.15, -0.1) is 11.6 Å². The number of hydrogen-bond acceptors (Lipinski definition) is 4. The van der Waals surface area contributed by atoms with Crippen molar-refractivity contribution >= 4 is 11.6 Å². The zero-order chi connectivity index (χ0) is 13.0. The van der Waals surface area contributed by atoms with Crippen molar-refractivity contribution in [3.8, 4) is 11.5 Å². The van der Waals surface area contributed by atoms with Crippen LogP contribution in [0.2, 0.25) is 0 Å². The van der Waals surface area contributed by atoms with Crippen molar-refractivity contribution in [2.24, 2.45) is 0 Å². The van der Waals surface area contributed by atoms with Gasteiger partial charge in [0.1, 0.15) is 0 Å². The summed E-state index contributed by atoms with van der Waals surface area (Å²) in [6.07, 6.45) is -0.424. The summed E-state index contributed by atoms with van der Waals surface area (Å²) >= 11 is 5.74. The monoisotopic (exact) mass is 272 g/mol. The average Bonchev–Trinajstić information content (AvgIpc) is 2.88. The highest BCUT2D eigenvalue weighted by Crippen LogP contribution is 2.34. The van der Waals surface area contributed by atoms with Gasteiger partial charge in [0.2, 0.25) is 0 Å². The Morgan fingerprint density at radius 1 is 1.39 bits per heavy atom. The summed E-state index contributed by atoms with van der Waals surface area (Å²) in [5.41, 5.74) is 0.905. The van der Waals surface area contributed by atoms with E-state index in [0.29, 0.717) is 24.8 Å². The lowest BCUT2D eigenvalue weighted by molar-refractivity contribution is -0.0568. The van der Waals surface area contributed by atoms with Crippen LogP contribution in [0, 0.1) is 0 Å². The Balaban J connectivity index is 2.14. The molecule has 5 heteroatoms. The van der Waals surface area contributed by atoms with Crippen molar-refractivity contribution in [3.05, 3.63) is 23.8 Å². The van der Waals surface area contributed by atoms with Crippen LogP contribution in [0.1, 0.15) is 18.8 Å². The van der Waals surface area contributed by atoms with E-state index >= 15 is 0 Å². The van der Waals surface area contributed by atoms with Crippen LogP contribution >= 0.6 is 11.6 Å². The molecule has 0 saturated carbocycles. The maximum Gasteiger partial charge on any atom is 0.184 e. The lowest BCUT2D eigenvalue weighted by Gasteiger charge is -2.14. The number of rotatable bonds is 5. The smallest absolute Gasteiger partial charge is 0.184 e. The third-order valence-corrected chi connectivity index (χ3v) is 3.03. The molecule has 0 bridgehead atoms. The molecule has 0 radical (unpaired) electrons. The fourth-order valence-electron chi connectivity index (χ4n) is 1.81. The minimum absolute atomic E-state index is 0.0470. The summed E-state index contributed by atoms with van der Waals surface area (Å²) in [6, 6.07) is 5.64. The van der Waals surface area contributed by atoms with Crippen molar-refractivity contribution < 1.29 is 18.9 Å². The SMILES string of the molecule is CCOc1ccc(C2OCC(CCl)O2)cc1OC. The van der Waals surface area contributed by atoms with E-state index in [1.165, 1.54) is 0 Å². The number of methoxy groups -OCH3 is 1. The topological polar surface area (TPSA) is 36.9 Å². The van der Waals surface area contributed by atoms with Crippen LogP contribution in [-0.2, 0) is 9.47 Å². The molecule has 0 amide bonds. The van der Waals surface area contributed by atoms with E-state index in [2.05, 4.69) is 0 Å². The third kappa shape index (κ3) is 2.88. The van der Waals surface area contributed by atoms with Gasteiger partial charge in [-0.2, -0.15) is 0 Å². The minimum Gasteiger partial charge on any atom is -0.493 e. The predicted octanol–water partition coefficient (Wildman–Crippen LogP) is 2.75. The first-order valence-corrected chi connectivity index (χ1v) is 6.45. The van der Waals surface area contributed by atoms with Gasteiger partial charge in [0, 0.05) is 5.56 Å². The van der Waals surface area contributed by atoms with Gasteiger partial charge in [-0.05, 0) is 19.1 Å². The minimum atomic E-state index is -0.377. The second kappa shape index (κ2) is 6.27. The Kier molecular flexibility index (Phi) is 4.69. The van der Waals surface area contributed by atoms with E-state index in [-0.39, 0.29) is 12.4 Å². The van der Waals surface area contributed by atoms with Crippen LogP contribution in [0.4, 0.5) is 0 Å². The van der Waals surface area contributed by atoms with Crippen LogP contribution in [0.5, 0.6) is 11.5 Å². The summed E-state index contributed by atoms with van der Waals surface area (Å²) in [5.74, 6) is 1.83. The standard InChI is InChI=1S/C13H17ClO4/c1-3-16-11-5-4-9(6-12(11)15-2)13-17-8-10(7-14)18-13/h4-6,10,13H,3,7-8H2,1-2H3. The van der Waals surface area contributed by atoms with E-state index in [9.17, 15) is 0 Å². The van der Waals surface area contributed by atoms with Crippen molar-refractivity contribution in [2.75, 3.05) is 26.2 Å². The molecule has 2 unspecified atom stereocenters. The fraction of sp³-hybridized carbons (Fsp3) is 0.538. The number of benzene rings is 1. The van der Waals surface area contributed by atoms with E-state index in [1.54, 1.807) is 7.11 Å². The molecule has 1 heterocycles. The first kappa shape index (κ1) is 13.5. The van der Waals surface area contributed by atoms with E-state index in [0.717, 1.165) is 11.3 Å². The molecule has 4 nitrogen and oxygen atoms in total. The normalized spacial score (nSPS) is 23.1. The van der Waals surface area contributed by atoms with Crippen molar-refractivity contribution in [1.29, 1.82) is 0 Å². The molecule has 2 rings (SSSR count). The molecule has 0 N–H and O–H groups in total. The molecule has 1 aromatic carbocycles. The largest absolute Gasteiger partial charge is 0.493 e. The summed E-state index contributed by atoms with van der Waals surface area (Å²) in [7, 11) is 1.61. The Bertz CT molecular complexity index is 397. The first-order valence-electron chi connectivity index (χ1n) is 5.92. The quantitative estimate of drug-likeness (QED) is 0.773. The molecule has 0 spiro atoms. The van der Waals surface area contributed by atoms with E-state index in [1.807, 2.05) is 25.1 Å². The van der Waals surface area contributed by atoms with Crippen molar-refractivity contribution in [2.45, 2.75) is 19.3 Å². The van der Waals surface area contributed by atoms with Gasteiger partial charge in [0.15, 0.2) is 17.8 Å². The predicted molar refractivity (Wildman–Crippen MR) is 68.4 cm³/mol. The molecule has 0 aliphatic carbocycles.